The van der Waals surface area contributed by atoms with Gasteiger partial charge in [0, 0.05) is 17.2 Å². The van der Waals surface area contributed by atoms with Crippen molar-refractivity contribution >= 4 is 28.1 Å². The first-order valence-corrected chi connectivity index (χ1v) is 6.20. The highest BCUT2D eigenvalue weighted by Crippen LogP contribution is 2.29. The Bertz CT molecular complexity index is 677. The second-order valence-corrected chi connectivity index (χ2v) is 4.84. The molecule has 0 radical (unpaired) electrons. The number of carbonyl (C=O) groups is 1. The Kier molecular flexibility index (Phi) is 2.34. The fourth-order valence-corrected chi connectivity index (χ4v) is 2.54. The van der Waals surface area contributed by atoms with E-state index in [0.717, 1.165) is 16.5 Å². The molecule has 3 heteroatoms. The molecular weight excluding hydrogens is 232 g/mol. The summed E-state index contributed by atoms with van der Waals surface area (Å²) in [4.78, 5) is 12.5. The van der Waals surface area contributed by atoms with Gasteiger partial charge in [0.15, 0.2) is 11.5 Å². The van der Waals surface area contributed by atoms with Gasteiger partial charge < -0.3 is 4.42 Å². The molecule has 0 atom stereocenters. The number of furan rings is 1. The maximum absolute atomic E-state index is 11.2. The second-order valence-electron chi connectivity index (χ2n) is 3.90. The van der Waals surface area contributed by atoms with Crippen LogP contribution < -0.4 is 0 Å². The third-order valence-corrected chi connectivity index (χ3v) is 3.59. The van der Waals surface area contributed by atoms with Crippen LogP contribution in [0.1, 0.15) is 17.5 Å². The number of Topliss-reactive ketones (excluding diaryl/α,β-unsaturated/α-hetero) is 1. The molecule has 0 amide bonds. The number of ketones is 1. The van der Waals surface area contributed by atoms with E-state index in [0.29, 0.717) is 5.76 Å². The Morgan fingerprint density at radius 1 is 1.24 bits per heavy atom. The van der Waals surface area contributed by atoms with Crippen molar-refractivity contribution in [2.24, 2.45) is 0 Å². The first-order valence-electron chi connectivity index (χ1n) is 5.32. The minimum absolute atomic E-state index is 0.0427. The molecule has 3 rings (SSSR count). The van der Waals surface area contributed by atoms with Gasteiger partial charge in [0.25, 0.3) is 0 Å². The van der Waals surface area contributed by atoms with Crippen LogP contribution in [0.25, 0.3) is 21.4 Å². The van der Waals surface area contributed by atoms with Crippen molar-refractivity contribution in [2.75, 3.05) is 0 Å². The number of carbonyl (C=O) groups excluding carboxylic acids is 1. The molecule has 0 saturated heterocycles. The molecule has 0 aliphatic heterocycles. The van der Waals surface area contributed by atoms with Crippen LogP contribution in [-0.2, 0) is 0 Å². The van der Waals surface area contributed by atoms with Crippen molar-refractivity contribution in [3.05, 3.63) is 47.5 Å². The summed E-state index contributed by atoms with van der Waals surface area (Å²) < 4.78 is 5.46. The van der Waals surface area contributed by atoms with Crippen molar-refractivity contribution in [1.29, 1.82) is 0 Å². The Hall–Kier alpha value is -1.87. The van der Waals surface area contributed by atoms with Crippen LogP contribution in [0, 0.1) is 0 Å². The van der Waals surface area contributed by atoms with Crippen molar-refractivity contribution in [3.8, 4) is 10.4 Å². The molecule has 2 heterocycles. The highest BCUT2D eigenvalue weighted by atomic mass is 32.1. The number of benzene rings is 1. The van der Waals surface area contributed by atoms with Crippen molar-refractivity contribution in [3.63, 3.8) is 0 Å². The van der Waals surface area contributed by atoms with E-state index in [-0.39, 0.29) is 5.78 Å². The van der Waals surface area contributed by atoms with E-state index in [1.165, 1.54) is 11.8 Å². The third kappa shape index (κ3) is 1.78. The molecule has 2 nitrogen and oxygen atoms in total. The van der Waals surface area contributed by atoms with Gasteiger partial charge in [-0.2, -0.15) is 0 Å². The normalized spacial score (nSPS) is 10.9. The Balaban J connectivity index is 2.16. The van der Waals surface area contributed by atoms with Gasteiger partial charge in [-0.05, 0) is 41.3 Å². The molecule has 84 valence electrons. The van der Waals surface area contributed by atoms with Crippen LogP contribution in [-0.4, -0.2) is 5.78 Å². The first-order chi connectivity index (χ1) is 8.24. The molecule has 2 aromatic heterocycles. The standard InChI is InChI=1S/C14H10O2S/c1-9(15)13-8-11-7-10(4-5-12(11)16-13)14-3-2-6-17-14/h2-8H,1H3. The summed E-state index contributed by atoms with van der Waals surface area (Å²) in [7, 11) is 0. The quantitative estimate of drug-likeness (QED) is 0.625. The monoisotopic (exact) mass is 242 g/mol. The lowest BCUT2D eigenvalue weighted by atomic mass is 10.1. The van der Waals surface area contributed by atoms with Gasteiger partial charge in [0.2, 0.25) is 0 Å². The summed E-state index contributed by atoms with van der Waals surface area (Å²) >= 11 is 1.70. The third-order valence-electron chi connectivity index (χ3n) is 2.67. The van der Waals surface area contributed by atoms with Crippen LogP contribution in [0.2, 0.25) is 0 Å². The second kappa shape index (κ2) is 3.86. The number of rotatable bonds is 2. The number of fused-ring (bicyclic) bond motifs is 1. The zero-order valence-electron chi connectivity index (χ0n) is 9.27. The van der Waals surface area contributed by atoms with E-state index in [4.69, 9.17) is 4.42 Å². The molecule has 0 bridgehead atoms. The Labute approximate surface area is 102 Å². The van der Waals surface area contributed by atoms with Crippen LogP contribution in [0.4, 0.5) is 0 Å². The van der Waals surface area contributed by atoms with E-state index in [1.54, 1.807) is 17.4 Å². The summed E-state index contributed by atoms with van der Waals surface area (Å²) in [5, 5.41) is 3.02. The van der Waals surface area contributed by atoms with Crippen molar-refractivity contribution < 1.29 is 9.21 Å². The van der Waals surface area contributed by atoms with Crippen molar-refractivity contribution in [2.45, 2.75) is 6.92 Å². The lowest BCUT2D eigenvalue weighted by Crippen LogP contribution is -1.85. The predicted molar refractivity (Wildman–Crippen MR) is 69.5 cm³/mol. The summed E-state index contributed by atoms with van der Waals surface area (Å²) in [5.74, 6) is 0.377. The maximum atomic E-state index is 11.2. The first kappa shape index (κ1) is 10.3. The number of hydrogen-bond donors (Lipinski definition) is 0. The van der Waals surface area contributed by atoms with Crippen LogP contribution >= 0.6 is 11.3 Å². The predicted octanol–water partition coefficient (Wildman–Crippen LogP) is 4.36. The topological polar surface area (TPSA) is 30.2 Å². The smallest absolute Gasteiger partial charge is 0.194 e. The van der Waals surface area contributed by atoms with Gasteiger partial charge in [-0.15, -0.1) is 11.3 Å². The fourth-order valence-electron chi connectivity index (χ4n) is 1.81. The molecule has 0 aliphatic carbocycles. The average Bonchev–Trinajstić information content (AvgIpc) is 2.97. The zero-order chi connectivity index (χ0) is 11.8. The van der Waals surface area contributed by atoms with Gasteiger partial charge in [-0.3, -0.25) is 4.79 Å². The Morgan fingerprint density at radius 2 is 2.12 bits per heavy atom. The van der Waals surface area contributed by atoms with E-state index in [2.05, 4.69) is 17.5 Å². The molecule has 0 unspecified atom stereocenters. The number of thiophene rings is 1. The molecule has 0 N–H and O–H groups in total. The van der Waals surface area contributed by atoms with Gasteiger partial charge >= 0.3 is 0 Å². The fraction of sp³-hybridized carbons (Fsp3) is 0.0714. The summed E-state index contributed by atoms with van der Waals surface area (Å²) in [6, 6.07) is 11.9. The molecule has 0 spiro atoms. The maximum Gasteiger partial charge on any atom is 0.194 e. The minimum Gasteiger partial charge on any atom is -0.453 e. The molecule has 0 aliphatic rings. The minimum atomic E-state index is -0.0427. The van der Waals surface area contributed by atoms with Crippen LogP contribution in [0.5, 0.6) is 0 Å². The molecule has 17 heavy (non-hydrogen) atoms. The molecular formula is C14H10O2S. The van der Waals surface area contributed by atoms with Gasteiger partial charge in [0.1, 0.15) is 5.58 Å². The van der Waals surface area contributed by atoms with Gasteiger partial charge in [-0.1, -0.05) is 6.07 Å². The Morgan fingerprint density at radius 3 is 2.82 bits per heavy atom. The summed E-state index contributed by atoms with van der Waals surface area (Å²) in [6.45, 7) is 1.51. The molecule has 3 aromatic rings. The molecule has 0 fully saturated rings. The largest absolute Gasteiger partial charge is 0.453 e. The van der Waals surface area contributed by atoms with Crippen LogP contribution in [0.15, 0.2) is 46.2 Å². The molecule has 0 saturated carbocycles. The summed E-state index contributed by atoms with van der Waals surface area (Å²) in [6.07, 6.45) is 0. The SMILES string of the molecule is CC(=O)c1cc2cc(-c3cccs3)ccc2o1. The van der Waals surface area contributed by atoms with E-state index < -0.39 is 0 Å². The highest BCUT2D eigenvalue weighted by molar-refractivity contribution is 7.13. The lowest BCUT2D eigenvalue weighted by molar-refractivity contribution is 0.0989. The highest BCUT2D eigenvalue weighted by Gasteiger charge is 2.08. The average molecular weight is 242 g/mol. The van der Waals surface area contributed by atoms with E-state index >= 15 is 0 Å². The van der Waals surface area contributed by atoms with E-state index in [9.17, 15) is 4.79 Å². The van der Waals surface area contributed by atoms with Gasteiger partial charge in [0.05, 0.1) is 0 Å². The van der Waals surface area contributed by atoms with Gasteiger partial charge in [-0.25, -0.2) is 0 Å². The molecule has 1 aromatic carbocycles. The van der Waals surface area contributed by atoms with E-state index in [1.807, 2.05) is 18.2 Å². The summed E-state index contributed by atoms with van der Waals surface area (Å²) in [5.41, 5.74) is 1.92. The van der Waals surface area contributed by atoms with Crippen LogP contribution in [0.3, 0.4) is 0 Å². The zero-order valence-corrected chi connectivity index (χ0v) is 10.1. The van der Waals surface area contributed by atoms with Crippen molar-refractivity contribution in [1.82, 2.24) is 0 Å². The number of hydrogen-bond acceptors (Lipinski definition) is 3. The lowest BCUT2D eigenvalue weighted by Gasteiger charge is -1.96.